The van der Waals surface area contributed by atoms with E-state index >= 15 is 0 Å². The van der Waals surface area contributed by atoms with Gasteiger partial charge < -0.3 is 30.7 Å². The third-order valence-electron chi connectivity index (χ3n) is 4.42. The van der Waals surface area contributed by atoms with Gasteiger partial charge in [0.05, 0.1) is 24.1 Å². The number of para-hydroxylation sites is 2. The van der Waals surface area contributed by atoms with Crippen LogP contribution < -0.4 is 15.8 Å². The number of rotatable bonds is 12. The van der Waals surface area contributed by atoms with Crippen molar-refractivity contribution in [3.05, 3.63) is 66.2 Å². The van der Waals surface area contributed by atoms with Crippen LogP contribution in [0.25, 0.3) is 0 Å². The highest BCUT2D eigenvalue weighted by Gasteiger charge is 2.20. The number of nitrogen functional groups attached to an aromatic ring is 1. The van der Waals surface area contributed by atoms with E-state index in [4.69, 9.17) is 20.3 Å². The molecule has 30 heavy (non-hydrogen) atoms. The lowest BCUT2D eigenvalue weighted by Gasteiger charge is -2.23. The molecule has 7 heteroatoms. The third kappa shape index (κ3) is 7.51. The topological polar surface area (TPSA) is 114 Å². The molecule has 0 saturated heterocycles. The number of nitrogens with one attached hydrogen (secondary N) is 1. The Bertz CT molecular complexity index is 807. The zero-order valence-corrected chi connectivity index (χ0v) is 17.2. The van der Waals surface area contributed by atoms with Crippen LogP contribution >= 0.6 is 0 Å². The summed E-state index contributed by atoms with van der Waals surface area (Å²) in [6.07, 6.45) is 3.11. The summed E-state index contributed by atoms with van der Waals surface area (Å²) in [7, 11) is 0. The number of hydrogen-bond acceptors (Lipinski definition) is 6. The molecule has 0 unspecified atom stereocenters. The normalized spacial score (nSPS) is 13.2. The van der Waals surface area contributed by atoms with Gasteiger partial charge in [-0.1, -0.05) is 30.3 Å². The quantitative estimate of drug-likeness (QED) is 0.314. The number of ether oxygens (including phenoxy) is 2. The lowest BCUT2D eigenvalue weighted by molar-refractivity contribution is -0.111. The number of aliphatic hydroxyl groups is 2. The molecule has 2 rings (SSSR count). The highest BCUT2D eigenvalue weighted by Crippen LogP contribution is 2.25. The second kappa shape index (κ2) is 12.6. The van der Waals surface area contributed by atoms with Crippen molar-refractivity contribution in [2.75, 3.05) is 30.9 Å². The molecule has 0 fully saturated rings. The lowest BCUT2D eigenvalue weighted by atomic mass is 10.0. The van der Waals surface area contributed by atoms with Gasteiger partial charge in [0.2, 0.25) is 5.91 Å². The number of aliphatic hydroxyl groups excluding tert-OH is 2. The van der Waals surface area contributed by atoms with Gasteiger partial charge in [-0.15, -0.1) is 0 Å². The molecule has 0 aliphatic rings. The van der Waals surface area contributed by atoms with Crippen LogP contribution in [0.5, 0.6) is 5.75 Å². The van der Waals surface area contributed by atoms with Crippen LogP contribution in [0.15, 0.2) is 60.7 Å². The summed E-state index contributed by atoms with van der Waals surface area (Å²) >= 11 is 0. The molecule has 0 aromatic heterocycles. The fourth-order valence-electron chi connectivity index (χ4n) is 2.92. The second-order valence-corrected chi connectivity index (χ2v) is 6.64. The van der Waals surface area contributed by atoms with E-state index in [1.54, 1.807) is 54.6 Å². The van der Waals surface area contributed by atoms with Crippen molar-refractivity contribution < 1.29 is 24.5 Å². The maximum atomic E-state index is 12.0. The Balaban J connectivity index is 1.87. The minimum atomic E-state index is -0.803. The van der Waals surface area contributed by atoms with Gasteiger partial charge in [-0.25, -0.2) is 0 Å². The molecule has 2 aromatic rings. The first-order chi connectivity index (χ1) is 14.5. The third-order valence-corrected chi connectivity index (χ3v) is 4.42. The van der Waals surface area contributed by atoms with E-state index in [0.717, 1.165) is 0 Å². The molecule has 0 heterocycles. The Kier molecular flexibility index (Phi) is 9.86. The van der Waals surface area contributed by atoms with Gasteiger partial charge in [-0.2, -0.15) is 0 Å². The molecule has 7 nitrogen and oxygen atoms in total. The van der Waals surface area contributed by atoms with E-state index in [2.05, 4.69) is 5.32 Å². The fraction of sp³-hybridized carbons (Fsp3) is 0.348. The number of anilines is 2. The van der Waals surface area contributed by atoms with Gasteiger partial charge in [0, 0.05) is 6.61 Å². The van der Waals surface area contributed by atoms with Crippen molar-refractivity contribution in [2.24, 2.45) is 0 Å². The highest BCUT2D eigenvalue weighted by atomic mass is 16.5. The molecule has 0 radical (unpaired) electrons. The molecule has 0 saturated carbocycles. The molecule has 162 valence electrons. The van der Waals surface area contributed by atoms with Crippen molar-refractivity contribution in [3.8, 4) is 5.75 Å². The molecule has 2 aromatic carbocycles. The smallest absolute Gasteiger partial charge is 0.248 e. The van der Waals surface area contributed by atoms with Gasteiger partial charge in [0.15, 0.2) is 0 Å². The van der Waals surface area contributed by atoms with E-state index in [0.29, 0.717) is 42.1 Å². The Hall–Kier alpha value is -2.87. The van der Waals surface area contributed by atoms with Crippen molar-refractivity contribution in [3.63, 3.8) is 0 Å². The Labute approximate surface area is 177 Å². The van der Waals surface area contributed by atoms with Crippen LogP contribution in [0.2, 0.25) is 0 Å². The Morgan fingerprint density at radius 2 is 1.93 bits per heavy atom. The van der Waals surface area contributed by atoms with E-state index in [1.807, 2.05) is 6.92 Å². The minimum absolute atomic E-state index is 0.0545. The molecule has 1 amide bonds. The molecule has 0 aliphatic heterocycles. The van der Waals surface area contributed by atoms with Gasteiger partial charge in [0.1, 0.15) is 18.5 Å². The zero-order valence-electron chi connectivity index (χ0n) is 17.2. The Morgan fingerprint density at radius 1 is 1.20 bits per heavy atom. The number of hydrogen-bond donors (Lipinski definition) is 4. The molecule has 0 aliphatic carbocycles. The first-order valence-electron chi connectivity index (χ1n) is 10.0. The van der Waals surface area contributed by atoms with Crippen LogP contribution in [0.1, 0.15) is 31.4 Å². The van der Waals surface area contributed by atoms with Crippen LogP contribution in [0.4, 0.5) is 11.4 Å². The average Bonchev–Trinajstić information content (AvgIpc) is 2.76. The number of carbonyl (C=O) groups is 1. The zero-order chi connectivity index (χ0) is 21.8. The van der Waals surface area contributed by atoms with Crippen LogP contribution in [0, 0.1) is 0 Å². The van der Waals surface area contributed by atoms with E-state index < -0.39 is 12.2 Å². The number of benzene rings is 2. The monoisotopic (exact) mass is 414 g/mol. The molecule has 0 spiro atoms. The maximum Gasteiger partial charge on any atom is 0.248 e. The van der Waals surface area contributed by atoms with E-state index in [1.165, 1.54) is 6.08 Å². The van der Waals surface area contributed by atoms with Crippen molar-refractivity contribution in [2.45, 2.75) is 32.0 Å². The molecule has 0 bridgehead atoms. The Morgan fingerprint density at radius 3 is 2.60 bits per heavy atom. The van der Waals surface area contributed by atoms with E-state index in [9.17, 15) is 9.90 Å². The molecular weight excluding hydrogens is 384 g/mol. The predicted molar refractivity (Wildman–Crippen MR) is 117 cm³/mol. The van der Waals surface area contributed by atoms with Gasteiger partial charge in [0.25, 0.3) is 0 Å². The van der Waals surface area contributed by atoms with Crippen LogP contribution in [-0.2, 0) is 9.53 Å². The minimum Gasteiger partial charge on any atom is -0.491 e. The maximum absolute atomic E-state index is 12.0. The number of carbonyl (C=O) groups excluding carboxylic acids is 1. The summed E-state index contributed by atoms with van der Waals surface area (Å²) in [6.45, 7) is 2.51. The molecular formula is C23H30N2O5. The largest absolute Gasteiger partial charge is 0.491 e. The lowest BCUT2D eigenvalue weighted by Crippen LogP contribution is -2.22. The van der Waals surface area contributed by atoms with Gasteiger partial charge in [-0.05, 0) is 55.7 Å². The molecule has 5 N–H and O–H groups in total. The second-order valence-electron chi connectivity index (χ2n) is 6.64. The average molecular weight is 415 g/mol. The summed E-state index contributed by atoms with van der Waals surface area (Å²) in [4.78, 5) is 12.0. The highest BCUT2D eigenvalue weighted by molar-refractivity contribution is 6.01. The summed E-state index contributed by atoms with van der Waals surface area (Å²) in [5.41, 5.74) is 7.61. The SMILES string of the molecule is CCO[C@H](CC/C=C/C(=O)Nc1ccccc1N)[C@H](O)c1ccc(OCCO)cc1. The van der Waals surface area contributed by atoms with Crippen LogP contribution in [-0.4, -0.2) is 42.0 Å². The standard InChI is InChI=1S/C23H30N2O5/c1-2-29-21(23(28)17-11-13-18(14-12-17)30-16-15-26)9-5-6-10-22(27)25-20-8-4-3-7-19(20)24/h3-4,6-8,10-14,21,23,26,28H,2,5,9,15-16,24H2,1H3,(H,25,27)/b10-6+/t21-,23-/m1/s1. The predicted octanol–water partition coefficient (Wildman–Crippen LogP) is 3.05. The van der Waals surface area contributed by atoms with E-state index in [-0.39, 0.29) is 19.1 Å². The fourth-order valence-corrected chi connectivity index (χ4v) is 2.92. The number of allylic oxidation sites excluding steroid dienone is 1. The summed E-state index contributed by atoms with van der Waals surface area (Å²) in [5.74, 6) is 0.362. The summed E-state index contributed by atoms with van der Waals surface area (Å²) < 4.78 is 11.0. The van der Waals surface area contributed by atoms with Gasteiger partial charge >= 0.3 is 0 Å². The number of amides is 1. The summed E-state index contributed by atoms with van der Waals surface area (Å²) in [6, 6.07) is 14.1. The van der Waals surface area contributed by atoms with Crippen molar-refractivity contribution >= 4 is 17.3 Å². The first-order valence-corrected chi connectivity index (χ1v) is 10.0. The van der Waals surface area contributed by atoms with Crippen molar-refractivity contribution in [1.82, 2.24) is 0 Å². The first kappa shape index (κ1) is 23.4. The van der Waals surface area contributed by atoms with Crippen molar-refractivity contribution in [1.29, 1.82) is 0 Å². The van der Waals surface area contributed by atoms with Crippen LogP contribution in [0.3, 0.4) is 0 Å². The van der Waals surface area contributed by atoms with Gasteiger partial charge in [-0.3, -0.25) is 4.79 Å². The summed E-state index contributed by atoms with van der Waals surface area (Å²) in [5, 5.41) is 22.2. The number of nitrogens with two attached hydrogens (primary N) is 1. The molecule has 2 atom stereocenters.